The van der Waals surface area contributed by atoms with Crippen molar-refractivity contribution in [3.8, 4) is 0 Å². The second kappa shape index (κ2) is 6.59. The normalized spacial score (nSPS) is 24.0. The van der Waals surface area contributed by atoms with Crippen molar-refractivity contribution in [1.82, 2.24) is 4.90 Å². The Labute approximate surface area is 102 Å². The molecule has 0 radical (unpaired) electrons. The largest absolute Gasteiger partial charge is 0.481 e. The van der Waals surface area contributed by atoms with Crippen molar-refractivity contribution < 1.29 is 19.4 Å². The molecule has 1 fully saturated rings. The van der Waals surface area contributed by atoms with Crippen molar-refractivity contribution in [3.63, 3.8) is 0 Å². The zero-order valence-electron chi connectivity index (χ0n) is 10.5. The number of carboxylic acids is 1. The summed E-state index contributed by atoms with van der Waals surface area (Å²) in [6.45, 7) is 5.42. The number of rotatable bonds is 6. The lowest BCUT2D eigenvalue weighted by atomic mass is 9.99. The average molecular weight is 243 g/mol. The second-order valence-electron chi connectivity index (χ2n) is 4.63. The van der Waals surface area contributed by atoms with Crippen LogP contribution in [0.5, 0.6) is 0 Å². The van der Waals surface area contributed by atoms with Crippen molar-refractivity contribution in [2.24, 2.45) is 11.8 Å². The molecule has 0 aromatic rings. The third kappa shape index (κ3) is 4.00. The zero-order chi connectivity index (χ0) is 12.8. The number of nitrogens with zero attached hydrogens (tertiary/aromatic N) is 1. The molecule has 5 heteroatoms. The molecule has 1 aliphatic rings. The van der Waals surface area contributed by atoms with Crippen molar-refractivity contribution >= 4 is 11.9 Å². The summed E-state index contributed by atoms with van der Waals surface area (Å²) in [6.07, 6.45) is 1.98. The smallest absolute Gasteiger partial charge is 0.308 e. The summed E-state index contributed by atoms with van der Waals surface area (Å²) in [5.41, 5.74) is 0. The number of carboxylic acid groups (broad SMARTS) is 1. The number of aliphatic carboxylic acids is 1. The molecule has 0 aromatic carbocycles. The fourth-order valence-electron chi connectivity index (χ4n) is 1.99. The standard InChI is InChI=1S/C12H21NO4/c1-3-4-5-17-8-11(14)13-6-9(2)10(7-13)12(15)16/h9-10H,3-8H2,1-2H3,(H,15,16)/t9-,10-/m1/s1. The molecule has 2 atom stereocenters. The van der Waals surface area contributed by atoms with Crippen molar-refractivity contribution in [3.05, 3.63) is 0 Å². The Bertz CT molecular complexity index is 280. The number of amides is 1. The Kier molecular flexibility index (Phi) is 5.41. The lowest BCUT2D eigenvalue weighted by Crippen LogP contribution is -2.33. The number of carbonyl (C=O) groups excluding carboxylic acids is 1. The van der Waals surface area contributed by atoms with Crippen LogP contribution in [-0.4, -0.2) is 48.2 Å². The zero-order valence-corrected chi connectivity index (χ0v) is 10.5. The Morgan fingerprint density at radius 3 is 2.65 bits per heavy atom. The molecule has 0 saturated carbocycles. The molecule has 1 rings (SSSR count). The quantitative estimate of drug-likeness (QED) is 0.706. The van der Waals surface area contributed by atoms with Gasteiger partial charge in [0, 0.05) is 19.7 Å². The summed E-state index contributed by atoms with van der Waals surface area (Å²) >= 11 is 0. The monoisotopic (exact) mass is 243 g/mol. The van der Waals surface area contributed by atoms with Crippen LogP contribution in [0.4, 0.5) is 0 Å². The molecule has 5 nitrogen and oxygen atoms in total. The molecule has 0 unspecified atom stereocenters. The van der Waals surface area contributed by atoms with Crippen LogP contribution in [0.15, 0.2) is 0 Å². The lowest BCUT2D eigenvalue weighted by molar-refractivity contribution is -0.142. The Hall–Kier alpha value is -1.10. The summed E-state index contributed by atoms with van der Waals surface area (Å²) in [5, 5.41) is 8.96. The number of hydrogen-bond donors (Lipinski definition) is 1. The fraction of sp³-hybridized carbons (Fsp3) is 0.833. The summed E-state index contributed by atoms with van der Waals surface area (Å²) < 4.78 is 5.24. The SMILES string of the molecule is CCCCOCC(=O)N1C[C@@H](C)[C@H](C(=O)O)C1. The summed E-state index contributed by atoms with van der Waals surface area (Å²) in [7, 11) is 0. The molecule has 0 spiro atoms. The predicted octanol–water partition coefficient (Wildman–Crippen LogP) is 0.982. The number of carbonyl (C=O) groups is 2. The molecule has 0 aromatic heterocycles. The molecule has 98 valence electrons. The van der Waals surface area contributed by atoms with Gasteiger partial charge in [-0.25, -0.2) is 0 Å². The number of hydrogen-bond acceptors (Lipinski definition) is 3. The molecule has 1 heterocycles. The van der Waals surface area contributed by atoms with Gasteiger partial charge < -0.3 is 14.7 Å². The predicted molar refractivity (Wildman–Crippen MR) is 62.6 cm³/mol. The Morgan fingerprint density at radius 2 is 2.12 bits per heavy atom. The minimum atomic E-state index is -0.820. The lowest BCUT2D eigenvalue weighted by Gasteiger charge is -2.15. The van der Waals surface area contributed by atoms with Crippen LogP contribution in [0.3, 0.4) is 0 Å². The van der Waals surface area contributed by atoms with E-state index in [1.54, 1.807) is 4.90 Å². The first-order valence-corrected chi connectivity index (χ1v) is 6.14. The Balaban J connectivity index is 2.32. The number of unbranched alkanes of at least 4 members (excludes halogenated alkanes) is 1. The minimum absolute atomic E-state index is 0.0205. The highest BCUT2D eigenvalue weighted by Gasteiger charge is 2.36. The highest BCUT2D eigenvalue weighted by atomic mass is 16.5. The van der Waals surface area contributed by atoms with E-state index in [4.69, 9.17) is 9.84 Å². The molecular weight excluding hydrogens is 222 g/mol. The number of ether oxygens (including phenoxy) is 1. The van der Waals surface area contributed by atoms with Crippen LogP contribution in [-0.2, 0) is 14.3 Å². The summed E-state index contributed by atoms with van der Waals surface area (Å²) in [6, 6.07) is 0. The molecular formula is C12H21NO4. The van der Waals surface area contributed by atoms with E-state index < -0.39 is 11.9 Å². The van der Waals surface area contributed by atoms with Crippen LogP contribution in [0.2, 0.25) is 0 Å². The third-order valence-corrected chi connectivity index (χ3v) is 3.15. The second-order valence-corrected chi connectivity index (χ2v) is 4.63. The van der Waals surface area contributed by atoms with Gasteiger partial charge in [0.25, 0.3) is 0 Å². The van der Waals surface area contributed by atoms with E-state index in [0.29, 0.717) is 19.7 Å². The average Bonchev–Trinajstić information content (AvgIpc) is 2.66. The highest BCUT2D eigenvalue weighted by Crippen LogP contribution is 2.23. The van der Waals surface area contributed by atoms with E-state index in [2.05, 4.69) is 6.92 Å². The van der Waals surface area contributed by atoms with E-state index in [0.717, 1.165) is 12.8 Å². The maximum Gasteiger partial charge on any atom is 0.308 e. The summed E-state index contributed by atoms with van der Waals surface area (Å²) in [4.78, 5) is 24.2. The maximum absolute atomic E-state index is 11.7. The van der Waals surface area contributed by atoms with Crippen molar-refractivity contribution in [2.75, 3.05) is 26.3 Å². The van der Waals surface area contributed by atoms with Crippen LogP contribution >= 0.6 is 0 Å². The maximum atomic E-state index is 11.7. The third-order valence-electron chi connectivity index (χ3n) is 3.15. The van der Waals surface area contributed by atoms with Crippen LogP contribution in [0.1, 0.15) is 26.7 Å². The van der Waals surface area contributed by atoms with Crippen LogP contribution < -0.4 is 0 Å². The topological polar surface area (TPSA) is 66.8 Å². The van der Waals surface area contributed by atoms with Gasteiger partial charge in [-0.1, -0.05) is 20.3 Å². The van der Waals surface area contributed by atoms with E-state index in [-0.39, 0.29) is 18.4 Å². The van der Waals surface area contributed by atoms with Crippen LogP contribution in [0.25, 0.3) is 0 Å². The van der Waals surface area contributed by atoms with E-state index in [9.17, 15) is 9.59 Å². The van der Waals surface area contributed by atoms with Gasteiger partial charge in [0.05, 0.1) is 5.92 Å². The molecule has 0 bridgehead atoms. The number of likely N-dealkylation sites (tertiary alicyclic amines) is 1. The van der Waals surface area contributed by atoms with Gasteiger partial charge >= 0.3 is 5.97 Å². The first-order chi connectivity index (χ1) is 8.06. The Morgan fingerprint density at radius 1 is 1.41 bits per heavy atom. The first kappa shape index (κ1) is 14.0. The van der Waals surface area contributed by atoms with Crippen molar-refractivity contribution in [2.45, 2.75) is 26.7 Å². The molecule has 1 aliphatic heterocycles. The molecule has 1 amide bonds. The van der Waals surface area contributed by atoms with Crippen molar-refractivity contribution in [1.29, 1.82) is 0 Å². The van der Waals surface area contributed by atoms with Crippen LogP contribution in [0, 0.1) is 11.8 Å². The van der Waals surface area contributed by atoms with Gasteiger partial charge in [-0.2, -0.15) is 0 Å². The van der Waals surface area contributed by atoms with E-state index in [1.165, 1.54) is 0 Å². The van der Waals surface area contributed by atoms with Gasteiger partial charge in [0.15, 0.2) is 0 Å². The molecule has 1 N–H and O–H groups in total. The molecule has 0 aliphatic carbocycles. The van der Waals surface area contributed by atoms with Gasteiger partial charge in [-0.15, -0.1) is 0 Å². The minimum Gasteiger partial charge on any atom is -0.481 e. The van der Waals surface area contributed by atoms with E-state index in [1.807, 2.05) is 6.92 Å². The van der Waals surface area contributed by atoms with Gasteiger partial charge in [-0.05, 0) is 12.3 Å². The molecule has 17 heavy (non-hydrogen) atoms. The van der Waals surface area contributed by atoms with Gasteiger partial charge in [0.2, 0.25) is 5.91 Å². The highest BCUT2D eigenvalue weighted by molar-refractivity contribution is 5.79. The first-order valence-electron chi connectivity index (χ1n) is 6.14. The van der Waals surface area contributed by atoms with Gasteiger partial charge in [-0.3, -0.25) is 9.59 Å². The van der Waals surface area contributed by atoms with Gasteiger partial charge in [0.1, 0.15) is 6.61 Å². The van der Waals surface area contributed by atoms with E-state index >= 15 is 0 Å². The molecule has 1 saturated heterocycles. The fourth-order valence-corrected chi connectivity index (χ4v) is 1.99. The summed E-state index contributed by atoms with van der Waals surface area (Å²) in [5.74, 6) is -1.34.